The van der Waals surface area contributed by atoms with E-state index >= 15 is 0 Å². The minimum atomic E-state index is -3.67. The second-order valence-electron chi connectivity index (χ2n) is 8.28. The van der Waals surface area contributed by atoms with Crippen LogP contribution in [0.3, 0.4) is 0 Å². The average Bonchev–Trinajstić information content (AvgIpc) is 3.15. The zero-order chi connectivity index (χ0) is 23.3. The minimum Gasteiger partial charge on any atom is -0.360 e. The van der Waals surface area contributed by atoms with Crippen LogP contribution in [0, 0.1) is 19.8 Å². The largest absolute Gasteiger partial charge is 0.360 e. The highest BCUT2D eigenvalue weighted by Crippen LogP contribution is 2.27. The molecule has 2 heterocycles. The van der Waals surface area contributed by atoms with Crippen LogP contribution in [0.15, 0.2) is 33.7 Å². The Hall–Kier alpha value is -2.23. The highest BCUT2D eigenvalue weighted by molar-refractivity contribution is 7.89. The maximum Gasteiger partial charge on any atom is 0.248 e. The summed E-state index contributed by atoms with van der Waals surface area (Å²) in [5, 5.41) is 6.83. The smallest absolute Gasteiger partial charge is 0.248 e. The SMILES string of the molecule is CCN(CC)Cc1ccccc1CNC(=O)C1CCN(S(=O)(=O)c2c(C)noc2C)CC1. The number of benzene rings is 1. The molecule has 0 aliphatic carbocycles. The number of carbonyl (C=O) groups is 1. The molecule has 9 heteroatoms. The van der Waals surface area contributed by atoms with Gasteiger partial charge in [-0.1, -0.05) is 43.3 Å². The fourth-order valence-electron chi connectivity index (χ4n) is 4.23. The molecule has 8 nitrogen and oxygen atoms in total. The number of nitrogens with zero attached hydrogens (tertiary/aromatic N) is 3. The summed E-state index contributed by atoms with van der Waals surface area (Å²) in [6.45, 7) is 11.4. The molecule has 1 aromatic carbocycles. The van der Waals surface area contributed by atoms with Gasteiger partial charge in [-0.3, -0.25) is 9.69 Å². The number of aromatic nitrogens is 1. The van der Waals surface area contributed by atoms with Crippen LogP contribution >= 0.6 is 0 Å². The Bertz CT molecular complexity index is 1000. The van der Waals surface area contributed by atoms with Crippen LogP contribution in [0.25, 0.3) is 0 Å². The lowest BCUT2D eigenvalue weighted by Gasteiger charge is -2.30. The Morgan fingerprint density at radius 2 is 1.78 bits per heavy atom. The van der Waals surface area contributed by atoms with Crippen LogP contribution in [0.4, 0.5) is 0 Å². The maximum atomic E-state index is 13.0. The van der Waals surface area contributed by atoms with Crippen molar-refractivity contribution in [3.05, 3.63) is 46.8 Å². The molecule has 1 saturated heterocycles. The van der Waals surface area contributed by atoms with Gasteiger partial charge in [0.2, 0.25) is 15.9 Å². The van der Waals surface area contributed by atoms with Gasteiger partial charge in [-0.15, -0.1) is 0 Å². The van der Waals surface area contributed by atoms with E-state index in [0.717, 1.165) is 25.2 Å². The van der Waals surface area contributed by atoms with Gasteiger partial charge < -0.3 is 9.84 Å². The summed E-state index contributed by atoms with van der Waals surface area (Å²) in [5.41, 5.74) is 2.70. The third-order valence-electron chi connectivity index (χ3n) is 6.25. The lowest BCUT2D eigenvalue weighted by Crippen LogP contribution is -2.43. The lowest BCUT2D eigenvalue weighted by molar-refractivity contribution is -0.126. The van der Waals surface area contributed by atoms with E-state index in [4.69, 9.17) is 4.52 Å². The molecule has 1 N–H and O–H groups in total. The molecule has 0 unspecified atom stereocenters. The molecule has 1 fully saturated rings. The van der Waals surface area contributed by atoms with Crippen LogP contribution in [0.5, 0.6) is 0 Å². The van der Waals surface area contributed by atoms with Gasteiger partial charge >= 0.3 is 0 Å². The quantitative estimate of drug-likeness (QED) is 0.616. The molecule has 176 valence electrons. The number of piperidine rings is 1. The lowest BCUT2D eigenvalue weighted by atomic mass is 9.97. The number of aryl methyl sites for hydroxylation is 2. The molecule has 0 spiro atoms. The first-order chi connectivity index (χ1) is 15.3. The number of carbonyl (C=O) groups excluding carboxylic acids is 1. The number of hydrogen-bond acceptors (Lipinski definition) is 6. The first kappa shape index (κ1) is 24.4. The zero-order valence-electron chi connectivity index (χ0n) is 19.4. The first-order valence-corrected chi connectivity index (χ1v) is 12.7. The third kappa shape index (κ3) is 5.39. The van der Waals surface area contributed by atoms with Crippen molar-refractivity contribution in [1.29, 1.82) is 0 Å². The van der Waals surface area contributed by atoms with Gasteiger partial charge in [-0.25, -0.2) is 8.42 Å². The van der Waals surface area contributed by atoms with Crippen molar-refractivity contribution in [3.8, 4) is 0 Å². The zero-order valence-corrected chi connectivity index (χ0v) is 20.2. The van der Waals surface area contributed by atoms with E-state index < -0.39 is 10.0 Å². The fraction of sp³-hybridized carbons (Fsp3) is 0.565. The molecule has 1 aliphatic rings. The van der Waals surface area contributed by atoms with E-state index in [9.17, 15) is 13.2 Å². The van der Waals surface area contributed by atoms with Gasteiger partial charge in [0, 0.05) is 32.1 Å². The second kappa shape index (κ2) is 10.6. The molecule has 0 saturated carbocycles. The Kier molecular flexibility index (Phi) is 8.08. The van der Waals surface area contributed by atoms with E-state index in [0.29, 0.717) is 43.9 Å². The van der Waals surface area contributed by atoms with Gasteiger partial charge in [-0.2, -0.15) is 4.31 Å². The standard InChI is InChI=1S/C23H34N4O4S/c1-5-26(6-2)16-21-10-8-7-9-20(21)15-24-23(28)19-11-13-27(14-12-19)32(29,30)22-17(3)25-31-18(22)4/h7-10,19H,5-6,11-16H2,1-4H3,(H,24,28). The molecule has 1 aliphatic heterocycles. The van der Waals surface area contributed by atoms with E-state index in [1.54, 1.807) is 13.8 Å². The monoisotopic (exact) mass is 462 g/mol. The first-order valence-electron chi connectivity index (χ1n) is 11.3. The molecule has 2 aromatic rings. The number of sulfonamides is 1. The number of rotatable bonds is 9. The summed E-state index contributed by atoms with van der Waals surface area (Å²) < 4.78 is 32.4. The van der Waals surface area contributed by atoms with Crippen LogP contribution in [-0.2, 0) is 27.9 Å². The van der Waals surface area contributed by atoms with Crippen molar-refractivity contribution in [2.45, 2.75) is 58.5 Å². The fourth-order valence-corrected chi connectivity index (χ4v) is 5.99. The summed E-state index contributed by atoms with van der Waals surface area (Å²) in [6, 6.07) is 8.18. The predicted molar refractivity (Wildman–Crippen MR) is 122 cm³/mol. The predicted octanol–water partition coefficient (Wildman–Crippen LogP) is 2.85. The molecule has 1 amide bonds. The number of hydrogen-bond donors (Lipinski definition) is 1. The van der Waals surface area contributed by atoms with Crippen molar-refractivity contribution in [1.82, 2.24) is 19.7 Å². The van der Waals surface area contributed by atoms with E-state index in [2.05, 4.69) is 41.4 Å². The van der Waals surface area contributed by atoms with Gasteiger partial charge in [-0.05, 0) is 50.9 Å². The summed E-state index contributed by atoms with van der Waals surface area (Å²) >= 11 is 0. The molecule has 3 rings (SSSR count). The van der Waals surface area contributed by atoms with E-state index in [1.807, 2.05) is 12.1 Å². The molecular formula is C23H34N4O4S. The molecular weight excluding hydrogens is 428 g/mol. The average molecular weight is 463 g/mol. The van der Waals surface area contributed by atoms with Gasteiger partial charge in [0.05, 0.1) is 0 Å². The van der Waals surface area contributed by atoms with Crippen molar-refractivity contribution in [2.24, 2.45) is 5.92 Å². The maximum absolute atomic E-state index is 13.0. The van der Waals surface area contributed by atoms with Crippen LogP contribution in [0.2, 0.25) is 0 Å². The van der Waals surface area contributed by atoms with Crippen molar-refractivity contribution >= 4 is 15.9 Å². The van der Waals surface area contributed by atoms with E-state index in [1.165, 1.54) is 9.87 Å². The summed E-state index contributed by atoms with van der Waals surface area (Å²) in [4.78, 5) is 15.3. The van der Waals surface area contributed by atoms with Gasteiger partial charge in [0.1, 0.15) is 10.6 Å². The van der Waals surface area contributed by atoms with Crippen LogP contribution < -0.4 is 5.32 Å². The summed E-state index contributed by atoms with van der Waals surface area (Å²) in [5.74, 6) is 0.0869. The van der Waals surface area contributed by atoms with Crippen LogP contribution in [0.1, 0.15) is 49.3 Å². The highest BCUT2D eigenvalue weighted by atomic mass is 32.2. The van der Waals surface area contributed by atoms with E-state index in [-0.39, 0.29) is 16.7 Å². The minimum absolute atomic E-state index is 0.0166. The highest BCUT2D eigenvalue weighted by Gasteiger charge is 2.35. The van der Waals surface area contributed by atoms with Crippen molar-refractivity contribution < 1.29 is 17.7 Å². The molecule has 32 heavy (non-hydrogen) atoms. The Morgan fingerprint density at radius 3 is 2.34 bits per heavy atom. The van der Waals surface area contributed by atoms with Gasteiger partial charge in [0.25, 0.3) is 0 Å². The molecule has 0 radical (unpaired) electrons. The van der Waals surface area contributed by atoms with Crippen molar-refractivity contribution in [3.63, 3.8) is 0 Å². The molecule has 0 bridgehead atoms. The van der Waals surface area contributed by atoms with Crippen LogP contribution in [-0.4, -0.2) is 54.9 Å². The normalized spacial score (nSPS) is 15.9. The van der Waals surface area contributed by atoms with Crippen molar-refractivity contribution in [2.75, 3.05) is 26.2 Å². The second-order valence-corrected chi connectivity index (χ2v) is 10.2. The topological polar surface area (TPSA) is 95.8 Å². The third-order valence-corrected chi connectivity index (χ3v) is 8.39. The Morgan fingerprint density at radius 1 is 1.16 bits per heavy atom. The molecule has 1 aromatic heterocycles. The Labute approximate surface area is 191 Å². The molecule has 0 atom stereocenters. The summed E-state index contributed by atoms with van der Waals surface area (Å²) in [7, 11) is -3.67. The number of nitrogens with one attached hydrogen (secondary N) is 1. The Balaban J connectivity index is 1.57. The number of amides is 1. The summed E-state index contributed by atoms with van der Waals surface area (Å²) in [6.07, 6.45) is 0.991. The van der Waals surface area contributed by atoms with Gasteiger partial charge in [0.15, 0.2) is 5.76 Å².